The van der Waals surface area contributed by atoms with Crippen LogP contribution in [-0.4, -0.2) is 14.8 Å². The van der Waals surface area contributed by atoms with Crippen LogP contribution in [0.3, 0.4) is 0 Å². The Balaban J connectivity index is 3.94. The first-order valence-corrected chi connectivity index (χ1v) is 7.12. The minimum Gasteiger partial charge on any atom is -0.334 e. The topological polar surface area (TPSA) is 12.0 Å². The van der Waals surface area contributed by atoms with E-state index in [2.05, 4.69) is 38.0 Å². The molecular formula is C9H21NSi. The van der Waals surface area contributed by atoms with Crippen molar-refractivity contribution < 1.29 is 0 Å². The molecule has 0 radical (unpaired) electrons. The summed E-state index contributed by atoms with van der Waals surface area (Å²) in [5.41, 5.74) is 2.18. The van der Waals surface area contributed by atoms with E-state index in [-0.39, 0.29) is 0 Å². The highest BCUT2D eigenvalue weighted by molar-refractivity contribution is 6.82. The Kier molecular flexibility index (Phi) is 5.51. The zero-order valence-corrected chi connectivity index (χ0v) is 9.11. The molecule has 0 aromatic heterocycles. The quantitative estimate of drug-likeness (QED) is 0.606. The molecule has 0 bridgehead atoms. The molecule has 0 spiro atoms. The maximum absolute atomic E-state index is 3.93. The Labute approximate surface area is 72.0 Å². The van der Waals surface area contributed by atoms with Gasteiger partial charge in [0.1, 0.15) is 8.24 Å². The third-order valence-electron chi connectivity index (χ3n) is 2.38. The molecule has 0 aliphatic heterocycles. The van der Waals surface area contributed by atoms with E-state index in [1.165, 1.54) is 18.5 Å². The van der Waals surface area contributed by atoms with Gasteiger partial charge in [0.2, 0.25) is 0 Å². The van der Waals surface area contributed by atoms with Crippen molar-refractivity contribution in [1.29, 1.82) is 0 Å². The van der Waals surface area contributed by atoms with Gasteiger partial charge in [-0.2, -0.15) is 0 Å². The van der Waals surface area contributed by atoms with E-state index >= 15 is 0 Å². The Morgan fingerprint density at radius 3 is 2.09 bits per heavy atom. The molecule has 0 fully saturated rings. The van der Waals surface area contributed by atoms with Crippen molar-refractivity contribution in [3.05, 3.63) is 12.3 Å². The summed E-state index contributed by atoms with van der Waals surface area (Å²) in [5.74, 6) is 0. The molecule has 0 saturated carbocycles. The maximum atomic E-state index is 3.93. The van der Waals surface area contributed by atoms with Gasteiger partial charge in [-0.1, -0.05) is 26.5 Å². The summed E-state index contributed by atoms with van der Waals surface area (Å²) < 4.78 is 0. The lowest BCUT2D eigenvalue weighted by Crippen LogP contribution is -2.48. The molecule has 1 nitrogen and oxygen atoms in total. The molecule has 11 heavy (non-hydrogen) atoms. The number of rotatable bonds is 6. The normalized spacial score (nSPS) is 11.5. The highest BCUT2D eigenvalue weighted by Gasteiger charge is 2.23. The highest BCUT2D eigenvalue weighted by atomic mass is 28.3. The fourth-order valence-corrected chi connectivity index (χ4v) is 3.70. The monoisotopic (exact) mass is 171 g/mol. The molecule has 2 heteroatoms. The van der Waals surface area contributed by atoms with Crippen molar-refractivity contribution in [2.45, 2.75) is 39.3 Å². The highest BCUT2D eigenvalue weighted by Crippen LogP contribution is 2.11. The standard InChI is InChI=1S/C9H21NSi/c1-5-9-10-11(6-2,7-3)8-4/h6,10H,2,5,7-9H2,1,3-4H3. The van der Waals surface area contributed by atoms with Crippen molar-refractivity contribution in [2.75, 3.05) is 6.54 Å². The van der Waals surface area contributed by atoms with Gasteiger partial charge in [0.25, 0.3) is 0 Å². The molecule has 0 heterocycles. The summed E-state index contributed by atoms with van der Waals surface area (Å²) in [6.07, 6.45) is 1.22. The molecule has 66 valence electrons. The molecule has 0 atom stereocenters. The van der Waals surface area contributed by atoms with Crippen LogP contribution in [0.1, 0.15) is 27.2 Å². The van der Waals surface area contributed by atoms with Crippen molar-refractivity contribution in [1.82, 2.24) is 4.98 Å². The van der Waals surface area contributed by atoms with E-state index in [0.29, 0.717) is 0 Å². The zero-order chi connectivity index (χ0) is 8.74. The van der Waals surface area contributed by atoms with Crippen LogP contribution >= 0.6 is 0 Å². The van der Waals surface area contributed by atoms with Crippen LogP contribution in [0.2, 0.25) is 12.1 Å². The van der Waals surface area contributed by atoms with E-state index in [1.807, 2.05) is 0 Å². The van der Waals surface area contributed by atoms with E-state index in [4.69, 9.17) is 0 Å². The molecule has 0 saturated heterocycles. The molecule has 0 amide bonds. The van der Waals surface area contributed by atoms with Crippen LogP contribution in [0.5, 0.6) is 0 Å². The van der Waals surface area contributed by atoms with Gasteiger partial charge in [-0.05, 0) is 25.1 Å². The van der Waals surface area contributed by atoms with Crippen molar-refractivity contribution in [2.24, 2.45) is 0 Å². The zero-order valence-electron chi connectivity index (χ0n) is 8.11. The van der Waals surface area contributed by atoms with Crippen molar-refractivity contribution in [3.63, 3.8) is 0 Å². The van der Waals surface area contributed by atoms with Crippen LogP contribution in [0.4, 0.5) is 0 Å². The number of nitrogens with one attached hydrogen (secondary N) is 1. The number of hydrogen-bond acceptors (Lipinski definition) is 1. The lowest BCUT2D eigenvalue weighted by molar-refractivity contribution is 0.830. The van der Waals surface area contributed by atoms with Gasteiger partial charge in [0.05, 0.1) is 0 Å². The lowest BCUT2D eigenvalue weighted by Gasteiger charge is -2.26. The van der Waals surface area contributed by atoms with Gasteiger partial charge < -0.3 is 4.98 Å². The van der Waals surface area contributed by atoms with Gasteiger partial charge in [-0.25, -0.2) is 0 Å². The van der Waals surface area contributed by atoms with Crippen LogP contribution in [0.25, 0.3) is 0 Å². The van der Waals surface area contributed by atoms with E-state index in [1.54, 1.807) is 0 Å². The second kappa shape index (κ2) is 5.55. The van der Waals surface area contributed by atoms with E-state index in [0.717, 1.165) is 6.54 Å². The summed E-state index contributed by atoms with van der Waals surface area (Å²) in [7, 11) is -1.22. The molecule has 0 rings (SSSR count). The molecule has 0 aliphatic carbocycles. The lowest BCUT2D eigenvalue weighted by atomic mass is 10.5. The molecule has 1 N–H and O–H groups in total. The second-order valence-corrected chi connectivity index (χ2v) is 7.48. The molecule has 0 aliphatic rings. The second-order valence-electron chi connectivity index (χ2n) is 2.99. The van der Waals surface area contributed by atoms with Crippen molar-refractivity contribution >= 4 is 8.24 Å². The van der Waals surface area contributed by atoms with E-state index in [9.17, 15) is 0 Å². The van der Waals surface area contributed by atoms with Crippen LogP contribution in [0.15, 0.2) is 12.3 Å². The fraction of sp³-hybridized carbons (Fsp3) is 0.778. The van der Waals surface area contributed by atoms with Gasteiger partial charge in [-0.15, -0.1) is 6.58 Å². The largest absolute Gasteiger partial charge is 0.334 e. The summed E-state index contributed by atoms with van der Waals surface area (Å²) >= 11 is 0. The minimum atomic E-state index is -1.22. The summed E-state index contributed by atoms with van der Waals surface area (Å²) in [6, 6.07) is 2.54. The SMILES string of the molecule is C=C[Si](CC)(CC)NCCC. The molecule has 0 unspecified atom stereocenters. The summed E-state index contributed by atoms with van der Waals surface area (Å²) in [4.78, 5) is 3.65. The Morgan fingerprint density at radius 1 is 1.27 bits per heavy atom. The van der Waals surface area contributed by atoms with Crippen LogP contribution < -0.4 is 4.98 Å². The minimum absolute atomic E-state index is 1.15. The first kappa shape index (κ1) is 10.9. The van der Waals surface area contributed by atoms with E-state index < -0.39 is 8.24 Å². The first-order valence-electron chi connectivity index (χ1n) is 4.63. The molecule has 0 aromatic carbocycles. The van der Waals surface area contributed by atoms with Crippen LogP contribution in [-0.2, 0) is 0 Å². The predicted molar refractivity (Wildman–Crippen MR) is 55.2 cm³/mol. The number of hydrogen-bond donors (Lipinski definition) is 1. The smallest absolute Gasteiger partial charge is 0.149 e. The molecule has 0 aromatic rings. The Morgan fingerprint density at radius 2 is 1.82 bits per heavy atom. The summed E-state index contributed by atoms with van der Waals surface area (Å²) in [6.45, 7) is 11.8. The Hall–Kier alpha value is -0.0831. The Bertz CT molecular complexity index is 108. The van der Waals surface area contributed by atoms with Crippen LogP contribution in [0, 0.1) is 0 Å². The van der Waals surface area contributed by atoms with Gasteiger partial charge in [0, 0.05) is 0 Å². The fourth-order valence-electron chi connectivity index (χ4n) is 1.23. The first-order chi connectivity index (χ1) is 5.24. The summed E-state index contributed by atoms with van der Waals surface area (Å²) in [5, 5.41) is 0. The van der Waals surface area contributed by atoms with Gasteiger partial charge in [-0.3, -0.25) is 0 Å². The van der Waals surface area contributed by atoms with Crippen molar-refractivity contribution in [3.8, 4) is 0 Å². The van der Waals surface area contributed by atoms with Gasteiger partial charge >= 0.3 is 0 Å². The average molecular weight is 171 g/mol. The third-order valence-corrected chi connectivity index (χ3v) is 6.64. The predicted octanol–water partition coefficient (Wildman–Crippen LogP) is 2.70. The third kappa shape index (κ3) is 3.21. The maximum Gasteiger partial charge on any atom is 0.149 e. The van der Waals surface area contributed by atoms with Gasteiger partial charge in [0.15, 0.2) is 0 Å². The average Bonchev–Trinajstić information content (AvgIpc) is 2.08. The molecular weight excluding hydrogens is 150 g/mol.